The van der Waals surface area contributed by atoms with Crippen molar-refractivity contribution in [2.75, 3.05) is 18.9 Å². The predicted octanol–water partition coefficient (Wildman–Crippen LogP) is 2.03. The first-order chi connectivity index (χ1) is 17.0. The third-order valence-corrected chi connectivity index (χ3v) is 5.88. The Bertz CT molecular complexity index is 1560. The van der Waals surface area contributed by atoms with Gasteiger partial charge in [-0.15, -0.1) is 0 Å². The molecule has 1 atom stereocenters. The smallest absolute Gasteiger partial charge is 0.262 e. The zero-order valence-electron chi connectivity index (χ0n) is 18.5. The van der Waals surface area contributed by atoms with Crippen molar-refractivity contribution >= 4 is 23.2 Å². The van der Waals surface area contributed by atoms with Crippen LogP contribution >= 0.6 is 0 Å². The minimum absolute atomic E-state index is 0.101. The lowest BCUT2D eigenvalue weighted by Gasteiger charge is -2.16. The van der Waals surface area contributed by atoms with Crippen LogP contribution in [0, 0.1) is 0 Å². The lowest BCUT2D eigenvalue weighted by Crippen LogP contribution is -2.35. The number of aliphatic hydroxyl groups is 1. The molecule has 0 bridgehead atoms. The van der Waals surface area contributed by atoms with Crippen molar-refractivity contribution in [3.05, 3.63) is 66.9 Å². The Hall–Kier alpha value is -4.71. The molecule has 2 N–H and O–H groups in total. The normalized spacial score (nSPS) is 17.9. The minimum Gasteiger partial charge on any atom is -0.373 e. The molecule has 12 heteroatoms. The molecule has 1 amide bonds. The molecule has 1 aliphatic rings. The number of aromatic nitrogens is 7. The lowest BCUT2D eigenvalue weighted by atomic mass is 9.98. The number of amides is 1. The Kier molecular flexibility index (Phi) is 4.74. The highest BCUT2D eigenvalue weighted by molar-refractivity contribution is 5.87. The van der Waals surface area contributed by atoms with Crippen LogP contribution in [0.25, 0.3) is 28.4 Å². The molecule has 6 rings (SSSR count). The van der Waals surface area contributed by atoms with Crippen LogP contribution < -0.4 is 5.32 Å². The lowest BCUT2D eigenvalue weighted by molar-refractivity contribution is -0.144. The predicted molar refractivity (Wildman–Crippen MR) is 123 cm³/mol. The summed E-state index contributed by atoms with van der Waals surface area (Å²) in [5.41, 5.74) is 1.70. The van der Waals surface area contributed by atoms with E-state index in [0.29, 0.717) is 46.6 Å². The summed E-state index contributed by atoms with van der Waals surface area (Å²) >= 11 is 0. The van der Waals surface area contributed by atoms with Crippen molar-refractivity contribution < 1.29 is 14.4 Å². The molecule has 6 heterocycles. The van der Waals surface area contributed by atoms with Crippen LogP contribution in [0.1, 0.15) is 12.2 Å². The maximum atomic E-state index is 12.4. The number of likely N-dealkylation sites (tertiary alicyclic amines) is 1. The number of fused-ring (bicyclic) bond motifs is 1. The molecule has 1 saturated heterocycles. The molecule has 174 valence electrons. The van der Waals surface area contributed by atoms with E-state index in [1.54, 1.807) is 60.6 Å². The number of pyridine rings is 1. The second-order valence-corrected chi connectivity index (χ2v) is 8.16. The second-order valence-electron chi connectivity index (χ2n) is 8.16. The Morgan fingerprint density at radius 2 is 1.89 bits per heavy atom. The van der Waals surface area contributed by atoms with Crippen molar-refractivity contribution in [1.82, 2.24) is 39.6 Å². The van der Waals surface area contributed by atoms with Crippen LogP contribution in [-0.4, -0.2) is 64.2 Å². The summed E-state index contributed by atoms with van der Waals surface area (Å²) < 4.78 is 7.00. The summed E-state index contributed by atoms with van der Waals surface area (Å²) in [6.45, 7) is 0.439. The first kappa shape index (κ1) is 20.9. The molecule has 35 heavy (non-hydrogen) atoms. The van der Waals surface area contributed by atoms with Crippen LogP contribution in [0.15, 0.2) is 65.7 Å². The molecular weight excluding hydrogens is 450 g/mol. The van der Waals surface area contributed by atoms with E-state index in [1.807, 2.05) is 12.1 Å². The first-order valence-corrected chi connectivity index (χ1v) is 10.8. The average Bonchev–Trinajstić information content (AvgIpc) is 3.61. The van der Waals surface area contributed by atoms with E-state index in [9.17, 15) is 9.90 Å². The van der Waals surface area contributed by atoms with E-state index in [-0.39, 0.29) is 12.2 Å². The number of hydrogen-bond donors (Lipinski definition) is 2. The summed E-state index contributed by atoms with van der Waals surface area (Å²) in [6.07, 6.45) is 7.01. The summed E-state index contributed by atoms with van der Waals surface area (Å²) in [5, 5.41) is 22.2. The highest BCUT2D eigenvalue weighted by atomic mass is 16.5. The largest absolute Gasteiger partial charge is 0.373 e. The third kappa shape index (κ3) is 3.56. The number of nitrogens with one attached hydrogen (secondary N) is 1. The quantitative estimate of drug-likeness (QED) is 0.392. The number of anilines is 2. The van der Waals surface area contributed by atoms with Gasteiger partial charge in [-0.2, -0.15) is 5.10 Å². The summed E-state index contributed by atoms with van der Waals surface area (Å²) in [7, 11) is 1.64. The molecule has 5 aromatic rings. The number of likely N-dealkylation sites (N-methyl/N-ethyl adjacent to an activating group) is 1. The van der Waals surface area contributed by atoms with E-state index in [2.05, 4.69) is 35.5 Å². The number of hydrogen-bond acceptors (Lipinski definition) is 10. The van der Waals surface area contributed by atoms with Gasteiger partial charge in [0.1, 0.15) is 11.4 Å². The molecular formula is C23H19N9O3. The number of rotatable bonds is 5. The molecule has 0 aromatic carbocycles. The Labute approximate surface area is 198 Å². The molecule has 12 nitrogen and oxygen atoms in total. The molecule has 1 fully saturated rings. The maximum Gasteiger partial charge on any atom is 0.262 e. The van der Waals surface area contributed by atoms with Crippen molar-refractivity contribution in [2.45, 2.75) is 12.0 Å². The van der Waals surface area contributed by atoms with Gasteiger partial charge in [-0.25, -0.2) is 24.5 Å². The molecule has 0 aliphatic carbocycles. The van der Waals surface area contributed by atoms with Crippen molar-refractivity contribution in [3.8, 4) is 22.8 Å². The van der Waals surface area contributed by atoms with Crippen LogP contribution in [-0.2, 0) is 10.4 Å². The Balaban J connectivity index is 1.28. The third-order valence-electron chi connectivity index (χ3n) is 5.88. The maximum absolute atomic E-state index is 12.4. The fraction of sp³-hybridized carbons (Fsp3) is 0.174. The number of carbonyl (C=O) groups is 1. The van der Waals surface area contributed by atoms with Gasteiger partial charge >= 0.3 is 0 Å². The molecule has 0 unspecified atom stereocenters. The van der Waals surface area contributed by atoms with Crippen LogP contribution in [0.5, 0.6) is 0 Å². The van der Waals surface area contributed by atoms with E-state index >= 15 is 0 Å². The SMILES string of the molecule is CN1CC[C@@](O)(c2cc(-c3cccc(-c4ccnc(Nc5cnn6cccnc56)n4)n3)no2)C1=O. The zero-order valence-corrected chi connectivity index (χ0v) is 18.5. The molecule has 1 aliphatic heterocycles. The number of nitrogens with zero attached hydrogens (tertiary/aromatic N) is 8. The van der Waals surface area contributed by atoms with Gasteiger partial charge in [-0.3, -0.25) is 4.79 Å². The van der Waals surface area contributed by atoms with Gasteiger partial charge in [0.15, 0.2) is 11.4 Å². The number of carbonyl (C=O) groups excluding carboxylic acids is 1. The zero-order chi connectivity index (χ0) is 24.0. The molecule has 5 aromatic heterocycles. The van der Waals surface area contributed by atoms with Gasteiger partial charge in [0, 0.05) is 44.7 Å². The minimum atomic E-state index is -1.71. The topological polar surface area (TPSA) is 147 Å². The van der Waals surface area contributed by atoms with E-state index < -0.39 is 11.5 Å². The average molecular weight is 469 g/mol. The van der Waals surface area contributed by atoms with Crippen LogP contribution in [0.4, 0.5) is 11.6 Å². The molecule has 0 spiro atoms. The van der Waals surface area contributed by atoms with E-state index in [4.69, 9.17) is 4.52 Å². The van der Waals surface area contributed by atoms with Gasteiger partial charge in [0.2, 0.25) is 11.5 Å². The van der Waals surface area contributed by atoms with Gasteiger partial charge < -0.3 is 19.8 Å². The van der Waals surface area contributed by atoms with E-state index in [0.717, 1.165) is 0 Å². The van der Waals surface area contributed by atoms with Gasteiger partial charge in [0.25, 0.3) is 5.91 Å². The Morgan fingerprint density at radius 1 is 1.06 bits per heavy atom. The van der Waals surface area contributed by atoms with Gasteiger partial charge in [0.05, 0.1) is 23.3 Å². The fourth-order valence-corrected chi connectivity index (χ4v) is 3.99. The van der Waals surface area contributed by atoms with Crippen molar-refractivity contribution in [1.29, 1.82) is 0 Å². The van der Waals surface area contributed by atoms with Crippen LogP contribution in [0.2, 0.25) is 0 Å². The monoisotopic (exact) mass is 469 g/mol. The van der Waals surface area contributed by atoms with E-state index in [1.165, 1.54) is 4.90 Å². The summed E-state index contributed by atoms with van der Waals surface area (Å²) in [5.74, 6) is 0.0546. The molecule has 0 saturated carbocycles. The summed E-state index contributed by atoms with van der Waals surface area (Å²) in [6, 6.07) is 10.5. The Morgan fingerprint density at radius 3 is 2.71 bits per heavy atom. The van der Waals surface area contributed by atoms with Crippen molar-refractivity contribution in [3.63, 3.8) is 0 Å². The van der Waals surface area contributed by atoms with Gasteiger partial charge in [-0.1, -0.05) is 11.2 Å². The second kappa shape index (κ2) is 7.95. The summed E-state index contributed by atoms with van der Waals surface area (Å²) in [4.78, 5) is 31.7. The van der Waals surface area contributed by atoms with Gasteiger partial charge in [-0.05, 0) is 24.3 Å². The highest BCUT2D eigenvalue weighted by Gasteiger charge is 2.48. The highest BCUT2D eigenvalue weighted by Crippen LogP contribution is 2.34. The van der Waals surface area contributed by atoms with Crippen LogP contribution in [0.3, 0.4) is 0 Å². The molecule has 0 radical (unpaired) electrons. The standard InChI is InChI=1S/C23H19N9O3/c1-31-11-7-23(34,21(31)33)19-12-17(30-35-19)15-5-2-4-14(27-15)16-6-9-25-22(28-16)29-18-13-26-32-10-3-8-24-20(18)32/h2-6,8-10,12-13,34H,7,11H2,1H3,(H,25,28,29)/t23-/m1/s1. The van der Waals surface area contributed by atoms with Crippen molar-refractivity contribution in [2.24, 2.45) is 0 Å². The fourth-order valence-electron chi connectivity index (χ4n) is 3.99. The first-order valence-electron chi connectivity index (χ1n) is 10.8.